The first-order valence-corrected chi connectivity index (χ1v) is 11.0. The molecule has 0 saturated carbocycles. The Hall–Kier alpha value is -2.16. The van der Waals surface area contributed by atoms with Crippen molar-refractivity contribution in [2.45, 2.75) is 12.7 Å². The minimum absolute atomic E-state index is 0.0309. The smallest absolute Gasteiger partial charge is 0.428 e. The van der Waals surface area contributed by atoms with Gasteiger partial charge >= 0.3 is 6.09 Å². The van der Waals surface area contributed by atoms with Gasteiger partial charge in [-0.25, -0.2) is 18.6 Å². The van der Waals surface area contributed by atoms with Crippen molar-refractivity contribution in [1.82, 2.24) is 5.43 Å². The quantitative estimate of drug-likeness (QED) is 0.392. The molecule has 2 rings (SSSR count). The van der Waals surface area contributed by atoms with E-state index in [-0.39, 0.29) is 18.1 Å². The van der Waals surface area contributed by atoms with Crippen molar-refractivity contribution in [3.05, 3.63) is 69.4 Å². The number of thiophene rings is 1. The van der Waals surface area contributed by atoms with Crippen molar-refractivity contribution in [3.8, 4) is 0 Å². The van der Waals surface area contributed by atoms with Crippen molar-refractivity contribution in [2.75, 3.05) is 12.4 Å². The van der Waals surface area contributed by atoms with Crippen molar-refractivity contribution < 1.29 is 17.9 Å². The molecular weight excluding hydrogens is 408 g/mol. The van der Waals surface area contributed by atoms with Gasteiger partial charge in [0.2, 0.25) is 0 Å². The van der Waals surface area contributed by atoms with E-state index in [1.54, 1.807) is 43.3 Å². The Bertz CT molecular complexity index is 935. The first-order valence-electron chi connectivity index (χ1n) is 8.01. The third kappa shape index (κ3) is 6.50. The normalized spacial score (nSPS) is 11.9. The molecule has 6 nitrogen and oxygen atoms in total. The number of carbonyl (C=O) groups is 1. The maximum Gasteiger partial charge on any atom is 0.428 e. The maximum absolute atomic E-state index is 11.9. The third-order valence-electron chi connectivity index (χ3n) is 3.41. The topological polar surface area (TPSA) is 84.8 Å². The van der Waals surface area contributed by atoms with Crippen LogP contribution in [0.15, 0.2) is 54.2 Å². The molecule has 0 aliphatic rings. The van der Waals surface area contributed by atoms with Crippen LogP contribution < -0.4 is 5.43 Å². The average Bonchev–Trinajstić information content (AvgIpc) is 3.09. The molecule has 0 aliphatic carbocycles. The van der Waals surface area contributed by atoms with Crippen LogP contribution in [0.2, 0.25) is 5.02 Å². The highest BCUT2D eigenvalue weighted by atomic mass is 35.5. The number of sulfone groups is 1. The van der Waals surface area contributed by atoms with E-state index in [1.807, 2.05) is 0 Å². The highest BCUT2D eigenvalue weighted by Crippen LogP contribution is 2.23. The minimum atomic E-state index is -3.14. The summed E-state index contributed by atoms with van der Waals surface area (Å²) in [5.41, 5.74) is 3.53. The lowest BCUT2D eigenvalue weighted by atomic mass is 10.1. The standard InChI is InChI=1S/C18H19ClN2O4S2/c1-3-11-25-18(22)21-20-17(13-5-7-14(19)8-6-13)16-10-9-15(26-16)12-27(23,24)4-2/h3,5-10H,1,4,11-12H2,2H3,(H,21,22). The molecule has 9 heteroatoms. The van der Waals surface area contributed by atoms with Crippen molar-refractivity contribution in [3.63, 3.8) is 0 Å². The molecule has 1 heterocycles. The Labute approximate surface area is 167 Å². The van der Waals surface area contributed by atoms with Gasteiger partial charge in [0.25, 0.3) is 0 Å². The van der Waals surface area contributed by atoms with E-state index >= 15 is 0 Å². The lowest BCUT2D eigenvalue weighted by Crippen LogP contribution is -2.21. The van der Waals surface area contributed by atoms with Crippen LogP contribution in [-0.2, 0) is 20.3 Å². The Morgan fingerprint density at radius 1 is 1.30 bits per heavy atom. The average molecular weight is 427 g/mol. The number of nitrogens with zero attached hydrogens (tertiary/aromatic N) is 1. The zero-order chi connectivity index (χ0) is 19.9. The Balaban J connectivity index is 2.32. The van der Waals surface area contributed by atoms with E-state index in [2.05, 4.69) is 17.1 Å². The summed E-state index contributed by atoms with van der Waals surface area (Å²) in [6, 6.07) is 10.5. The summed E-state index contributed by atoms with van der Waals surface area (Å²) >= 11 is 7.24. The number of ether oxygens (including phenoxy) is 1. The SMILES string of the molecule is C=CCOC(=O)NN=C(c1ccc(Cl)cc1)c1ccc(CS(=O)(=O)CC)s1. The predicted molar refractivity (Wildman–Crippen MR) is 109 cm³/mol. The van der Waals surface area contributed by atoms with Gasteiger partial charge in [-0.15, -0.1) is 11.3 Å². The fourth-order valence-electron chi connectivity index (χ4n) is 2.04. The number of hydrogen-bond acceptors (Lipinski definition) is 6. The highest BCUT2D eigenvalue weighted by molar-refractivity contribution is 7.90. The molecule has 0 aliphatic heterocycles. The number of hydrogen-bond donors (Lipinski definition) is 1. The molecule has 0 unspecified atom stereocenters. The van der Waals surface area contributed by atoms with E-state index in [9.17, 15) is 13.2 Å². The minimum Gasteiger partial charge on any atom is -0.444 e. The number of amides is 1. The van der Waals surface area contributed by atoms with Crippen molar-refractivity contribution in [2.24, 2.45) is 5.10 Å². The van der Waals surface area contributed by atoms with Crippen LogP contribution in [0.1, 0.15) is 22.2 Å². The summed E-state index contributed by atoms with van der Waals surface area (Å²) in [5.74, 6) is 0.0476. The highest BCUT2D eigenvalue weighted by Gasteiger charge is 2.15. The number of hydrazone groups is 1. The second-order valence-electron chi connectivity index (χ2n) is 5.41. The zero-order valence-electron chi connectivity index (χ0n) is 14.6. The predicted octanol–water partition coefficient (Wildman–Crippen LogP) is 4.00. The summed E-state index contributed by atoms with van der Waals surface area (Å²) in [7, 11) is -3.14. The van der Waals surface area contributed by atoms with E-state index in [0.717, 1.165) is 5.56 Å². The van der Waals surface area contributed by atoms with Gasteiger partial charge in [0.05, 0.1) is 10.6 Å². The lowest BCUT2D eigenvalue weighted by Gasteiger charge is -2.06. The zero-order valence-corrected chi connectivity index (χ0v) is 17.0. The van der Waals surface area contributed by atoms with Gasteiger partial charge in [0.15, 0.2) is 9.84 Å². The van der Waals surface area contributed by atoms with E-state index in [0.29, 0.717) is 20.5 Å². The van der Waals surface area contributed by atoms with E-state index in [4.69, 9.17) is 16.3 Å². The second-order valence-corrected chi connectivity index (χ2v) is 9.37. The first kappa shape index (κ1) is 21.1. The molecule has 1 aromatic heterocycles. The summed E-state index contributed by atoms with van der Waals surface area (Å²) in [6.45, 7) is 5.15. The molecule has 1 amide bonds. The van der Waals surface area contributed by atoms with Crippen LogP contribution in [0.3, 0.4) is 0 Å². The largest absolute Gasteiger partial charge is 0.444 e. The van der Waals surface area contributed by atoms with Crippen molar-refractivity contribution in [1.29, 1.82) is 0 Å². The Morgan fingerprint density at radius 3 is 2.63 bits per heavy atom. The van der Waals surface area contributed by atoms with Gasteiger partial charge in [-0.05, 0) is 24.3 Å². The number of carbonyl (C=O) groups excluding carboxylic acids is 1. The molecule has 144 valence electrons. The van der Waals surface area contributed by atoms with Crippen LogP contribution in [-0.4, -0.2) is 32.6 Å². The fourth-order valence-corrected chi connectivity index (χ4v) is 4.49. The van der Waals surface area contributed by atoms with Crippen LogP contribution in [0.25, 0.3) is 0 Å². The summed E-state index contributed by atoms with van der Waals surface area (Å²) in [4.78, 5) is 13.1. The van der Waals surface area contributed by atoms with E-state index < -0.39 is 15.9 Å². The van der Waals surface area contributed by atoms with Gasteiger partial charge in [-0.1, -0.05) is 43.3 Å². The number of rotatable bonds is 8. The molecule has 0 fully saturated rings. The summed E-state index contributed by atoms with van der Waals surface area (Å²) < 4.78 is 28.5. The molecule has 1 aromatic carbocycles. The lowest BCUT2D eigenvalue weighted by molar-refractivity contribution is 0.159. The molecular formula is C18H19ClN2O4S2. The molecule has 1 N–H and O–H groups in total. The number of halogens is 1. The van der Waals surface area contributed by atoms with Gasteiger partial charge in [-0.2, -0.15) is 5.10 Å². The van der Waals surface area contributed by atoms with Crippen LogP contribution >= 0.6 is 22.9 Å². The Kier molecular flexibility index (Phi) is 7.58. The van der Waals surface area contributed by atoms with Gasteiger partial charge in [0.1, 0.15) is 12.3 Å². The van der Waals surface area contributed by atoms with Crippen LogP contribution in [0.5, 0.6) is 0 Å². The molecule has 0 bridgehead atoms. The van der Waals surface area contributed by atoms with Gasteiger partial charge in [0, 0.05) is 21.2 Å². The molecule has 0 atom stereocenters. The molecule has 27 heavy (non-hydrogen) atoms. The van der Waals surface area contributed by atoms with Crippen molar-refractivity contribution >= 4 is 44.6 Å². The second kappa shape index (κ2) is 9.68. The van der Waals surface area contributed by atoms with Gasteiger partial charge < -0.3 is 4.74 Å². The monoisotopic (exact) mass is 426 g/mol. The maximum atomic E-state index is 11.9. The van der Waals surface area contributed by atoms with Crippen LogP contribution in [0.4, 0.5) is 4.79 Å². The number of benzene rings is 1. The molecule has 2 aromatic rings. The number of nitrogens with one attached hydrogen (secondary N) is 1. The summed E-state index contributed by atoms with van der Waals surface area (Å²) in [6.07, 6.45) is 0.732. The third-order valence-corrected chi connectivity index (χ3v) is 6.56. The fraction of sp³-hybridized carbons (Fsp3) is 0.222. The first-order chi connectivity index (χ1) is 12.8. The van der Waals surface area contributed by atoms with E-state index in [1.165, 1.54) is 17.4 Å². The van der Waals surface area contributed by atoms with Gasteiger partial charge in [-0.3, -0.25) is 0 Å². The Morgan fingerprint density at radius 2 is 2.00 bits per heavy atom. The van der Waals surface area contributed by atoms with Crippen LogP contribution in [0, 0.1) is 0 Å². The molecule has 0 radical (unpaired) electrons. The molecule has 0 spiro atoms. The summed E-state index contributed by atoms with van der Waals surface area (Å²) in [5, 5.41) is 4.72. The molecule has 0 saturated heterocycles.